The molecule has 0 radical (unpaired) electrons. The molecule has 1 unspecified atom stereocenters. The van der Waals surface area contributed by atoms with Gasteiger partial charge in [0.25, 0.3) is 0 Å². The number of hydrogen-bond donors (Lipinski definition) is 2. The topological polar surface area (TPSA) is 46.2 Å². The summed E-state index contributed by atoms with van der Waals surface area (Å²) < 4.78 is 0. The predicted octanol–water partition coefficient (Wildman–Crippen LogP) is 4.44. The van der Waals surface area contributed by atoms with Crippen molar-refractivity contribution >= 4 is 6.08 Å². The lowest BCUT2D eigenvalue weighted by Crippen LogP contribution is -1.97. The van der Waals surface area contributed by atoms with Gasteiger partial charge in [-0.25, -0.2) is 0 Å². The quantitative estimate of drug-likeness (QED) is 0.620. The summed E-state index contributed by atoms with van der Waals surface area (Å²) in [5.41, 5.74) is 7.68. The molecule has 112 valence electrons. The van der Waals surface area contributed by atoms with Gasteiger partial charge in [0.1, 0.15) is 0 Å². The fraction of sp³-hybridized carbons (Fsp3) is 0.556. The van der Waals surface area contributed by atoms with E-state index < -0.39 is 0 Å². The minimum atomic E-state index is -0.327. The number of aliphatic hydroxyl groups is 1. The Bertz CT molecular complexity index is 387. The van der Waals surface area contributed by atoms with Crippen LogP contribution in [0.1, 0.15) is 69.1 Å². The molecule has 0 aromatic heterocycles. The van der Waals surface area contributed by atoms with Crippen LogP contribution < -0.4 is 5.73 Å². The first-order chi connectivity index (χ1) is 9.77. The molecular formula is C18H29NO. The van der Waals surface area contributed by atoms with E-state index in [1.807, 2.05) is 12.1 Å². The Morgan fingerprint density at radius 2 is 2.05 bits per heavy atom. The maximum Gasteiger partial charge on any atom is 0.0790 e. The normalized spacial score (nSPS) is 12.9. The molecule has 0 saturated heterocycles. The van der Waals surface area contributed by atoms with Crippen molar-refractivity contribution in [1.29, 1.82) is 0 Å². The zero-order valence-electron chi connectivity index (χ0n) is 12.7. The predicted molar refractivity (Wildman–Crippen MR) is 87.5 cm³/mol. The van der Waals surface area contributed by atoms with Gasteiger partial charge in [0.2, 0.25) is 0 Å². The van der Waals surface area contributed by atoms with Crippen LogP contribution in [0.15, 0.2) is 30.3 Å². The van der Waals surface area contributed by atoms with E-state index >= 15 is 0 Å². The Labute approximate surface area is 123 Å². The fourth-order valence-electron chi connectivity index (χ4n) is 2.25. The molecule has 0 aliphatic carbocycles. The zero-order valence-corrected chi connectivity index (χ0v) is 12.7. The highest BCUT2D eigenvalue weighted by Crippen LogP contribution is 2.21. The minimum absolute atomic E-state index is 0.327. The van der Waals surface area contributed by atoms with Crippen LogP contribution in [0.4, 0.5) is 0 Å². The highest BCUT2D eigenvalue weighted by Gasteiger charge is 2.06. The average Bonchev–Trinajstić information content (AvgIpc) is 2.47. The lowest BCUT2D eigenvalue weighted by Gasteiger charge is -2.11. The van der Waals surface area contributed by atoms with Crippen LogP contribution in [-0.2, 0) is 0 Å². The SMILES string of the molecule is CCCCCC(O)c1cccc(/C=C\CCCCN)c1. The van der Waals surface area contributed by atoms with Crippen molar-refractivity contribution in [2.75, 3.05) is 6.54 Å². The van der Waals surface area contributed by atoms with Gasteiger partial charge in [-0.1, -0.05) is 56.5 Å². The zero-order chi connectivity index (χ0) is 14.6. The third-order valence-corrected chi connectivity index (χ3v) is 3.51. The maximum absolute atomic E-state index is 10.2. The van der Waals surface area contributed by atoms with Crippen molar-refractivity contribution in [3.8, 4) is 0 Å². The number of nitrogens with two attached hydrogens (primary N) is 1. The Morgan fingerprint density at radius 1 is 1.20 bits per heavy atom. The molecule has 1 aromatic carbocycles. The second kappa shape index (κ2) is 10.6. The molecule has 0 fully saturated rings. The molecule has 3 N–H and O–H groups in total. The molecule has 0 heterocycles. The summed E-state index contributed by atoms with van der Waals surface area (Å²) >= 11 is 0. The van der Waals surface area contributed by atoms with Gasteiger partial charge in [-0.05, 0) is 49.4 Å². The van der Waals surface area contributed by atoms with Crippen molar-refractivity contribution in [2.24, 2.45) is 5.73 Å². The van der Waals surface area contributed by atoms with Crippen LogP contribution in [0.25, 0.3) is 6.08 Å². The van der Waals surface area contributed by atoms with E-state index in [1.165, 1.54) is 18.4 Å². The van der Waals surface area contributed by atoms with Crippen molar-refractivity contribution in [3.05, 3.63) is 41.5 Å². The van der Waals surface area contributed by atoms with Gasteiger partial charge in [0.05, 0.1) is 6.10 Å². The molecule has 0 saturated carbocycles. The lowest BCUT2D eigenvalue weighted by molar-refractivity contribution is 0.163. The van der Waals surface area contributed by atoms with Gasteiger partial charge < -0.3 is 10.8 Å². The van der Waals surface area contributed by atoms with Crippen LogP contribution in [0, 0.1) is 0 Å². The second-order valence-corrected chi connectivity index (χ2v) is 5.37. The maximum atomic E-state index is 10.2. The Balaban J connectivity index is 2.47. The van der Waals surface area contributed by atoms with Gasteiger partial charge in [0, 0.05) is 0 Å². The summed E-state index contributed by atoms with van der Waals surface area (Å²) in [6.45, 7) is 2.95. The monoisotopic (exact) mass is 275 g/mol. The van der Waals surface area contributed by atoms with Gasteiger partial charge >= 0.3 is 0 Å². The molecule has 0 amide bonds. The Hall–Kier alpha value is -1.12. The summed E-state index contributed by atoms with van der Waals surface area (Å²) in [7, 11) is 0. The molecule has 0 aliphatic rings. The molecule has 2 heteroatoms. The number of rotatable bonds is 10. The van der Waals surface area contributed by atoms with E-state index in [4.69, 9.17) is 5.73 Å². The largest absolute Gasteiger partial charge is 0.388 e. The Kier molecular flexibility index (Phi) is 9.01. The molecule has 1 atom stereocenters. The summed E-state index contributed by atoms with van der Waals surface area (Å²) in [5.74, 6) is 0. The standard InChI is InChI=1S/C18H29NO/c1-2-3-6-13-18(20)17-12-9-11-16(15-17)10-7-4-5-8-14-19/h7,9-12,15,18,20H,2-6,8,13-14,19H2,1H3/b10-7-. The third-order valence-electron chi connectivity index (χ3n) is 3.51. The van der Waals surface area contributed by atoms with E-state index in [9.17, 15) is 5.11 Å². The minimum Gasteiger partial charge on any atom is -0.388 e. The molecule has 0 bridgehead atoms. The van der Waals surface area contributed by atoms with Gasteiger partial charge in [-0.15, -0.1) is 0 Å². The number of allylic oxidation sites excluding steroid dienone is 1. The molecular weight excluding hydrogens is 246 g/mol. The molecule has 20 heavy (non-hydrogen) atoms. The van der Waals surface area contributed by atoms with Gasteiger partial charge in [0.15, 0.2) is 0 Å². The van der Waals surface area contributed by atoms with Crippen molar-refractivity contribution in [2.45, 2.75) is 58.0 Å². The summed E-state index contributed by atoms with van der Waals surface area (Å²) in [6, 6.07) is 8.22. The van der Waals surface area contributed by atoms with E-state index in [2.05, 4.69) is 31.2 Å². The molecule has 0 spiro atoms. The van der Waals surface area contributed by atoms with E-state index in [-0.39, 0.29) is 6.10 Å². The number of unbranched alkanes of at least 4 members (excludes halogenated alkanes) is 4. The van der Waals surface area contributed by atoms with E-state index in [0.717, 1.165) is 44.2 Å². The van der Waals surface area contributed by atoms with Crippen LogP contribution in [0.5, 0.6) is 0 Å². The van der Waals surface area contributed by atoms with Gasteiger partial charge in [-0.2, -0.15) is 0 Å². The van der Waals surface area contributed by atoms with Crippen LogP contribution in [0.2, 0.25) is 0 Å². The third kappa shape index (κ3) is 6.88. The molecule has 2 nitrogen and oxygen atoms in total. The van der Waals surface area contributed by atoms with Crippen LogP contribution >= 0.6 is 0 Å². The Morgan fingerprint density at radius 3 is 2.80 bits per heavy atom. The first-order valence-electron chi connectivity index (χ1n) is 7.92. The molecule has 0 aliphatic heterocycles. The van der Waals surface area contributed by atoms with Gasteiger partial charge in [-0.3, -0.25) is 0 Å². The highest BCUT2D eigenvalue weighted by atomic mass is 16.3. The van der Waals surface area contributed by atoms with Crippen molar-refractivity contribution in [1.82, 2.24) is 0 Å². The van der Waals surface area contributed by atoms with Crippen molar-refractivity contribution < 1.29 is 5.11 Å². The summed E-state index contributed by atoms with van der Waals surface area (Å²) in [5, 5.41) is 10.2. The molecule has 1 aromatic rings. The summed E-state index contributed by atoms with van der Waals surface area (Å²) in [6.07, 6.45) is 11.6. The summed E-state index contributed by atoms with van der Waals surface area (Å²) in [4.78, 5) is 0. The van der Waals surface area contributed by atoms with Crippen LogP contribution in [0.3, 0.4) is 0 Å². The number of aliphatic hydroxyl groups excluding tert-OH is 1. The lowest BCUT2D eigenvalue weighted by atomic mass is 10.0. The first-order valence-corrected chi connectivity index (χ1v) is 7.92. The van der Waals surface area contributed by atoms with Crippen LogP contribution in [-0.4, -0.2) is 11.7 Å². The smallest absolute Gasteiger partial charge is 0.0790 e. The van der Waals surface area contributed by atoms with E-state index in [1.54, 1.807) is 0 Å². The highest BCUT2D eigenvalue weighted by molar-refractivity contribution is 5.50. The average molecular weight is 275 g/mol. The second-order valence-electron chi connectivity index (χ2n) is 5.37. The first kappa shape index (κ1) is 16.9. The number of hydrogen-bond acceptors (Lipinski definition) is 2. The fourth-order valence-corrected chi connectivity index (χ4v) is 2.25. The van der Waals surface area contributed by atoms with Crippen molar-refractivity contribution in [3.63, 3.8) is 0 Å². The number of benzene rings is 1. The molecule has 1 rings (SSSR count). The van der Waals surface area contributed by atoms with E-state index in [0.29, 0.717) is 0 Å².